The Balaban J connectivity index is 2.15. The molecule has 0 N–H and O–H groups in total. The van der Waals surface area contributed by atoms with E-state index in [1.54, 1.807) is 17.9 Å². The van der Waals surface area contributed by atoms with Gasteiger partial charge in [-0.1, -0.05) is 43.3 Å². The normalized spacial score (nSPS) is 11.6. The van der Waals surface area contributed by atoms with Crippen molar-refractivity contribution in [3.05, 3.63) is 71.5 Å². The van der Waals surface area contributed by atoms with Gasteiger partial charge in [-0.3, -0.25) is 9.59 Å². The number of benzene rings is 2. The van der Waals surface area contributed by atoms with E-state index in [9.17, 15) is 14.0 Å². The topological polar surface area (TPSA) is 46.6 Å². The Bertz CT molecular complexity index is 718. The number of rotatable bonds is 7. The molecule has 0 heterocycles. The highest BCUT2D eigenvalue weighted by atomic mass is 19.1. The molecule has 2 aromatic carbocycles. The molecule has 132 valence electrons. The summed E-state index contributed by atoms with van der Waals surface area (Å²) in [6.45, 7) is 2.36. The maximum Gasteiger partial charge on any atom is 0.310 e. The molecule has 0 fully saturated rings. The molecule has 1 atom stereocenters. The lowest BCUT2D eigenvalue weighted by Crippen LogP contribution is -2.38. The molecule has 5 heteroatoms. The molecule has 2 rings (SSSR count). The van der Waals surface area contributed by atoms with Crippen molar-refractivity contribution in [2.75, 3.05) is 20.2 Å². The van der Waals surface area contributed by atoms with E-state index in [1.807, 2.05) is 30.3 Å². The fourth-order valence-corrected chi connectivity index (χ4v) is 2.59. The largest absolute Gasteiger partial charge is 0.469 e. The van der Waals surface area contributed by atoms with Crippen molar-refractivity contribution in [1.82, 2.24) is 4.90 Å². The van der Waals surface area contributed by atoms with Gasteiger partial charge in [0.25, 0.3) is 5.91 Å². The Hall–Kier alpha value is -2.69. The van der Waals surface area contributed by atoms with E-state index in [4.69, 9.17) is 4.74 Å². The van der Waals surface area contributed by atoms with Crippen LogP contribution >= 0.6 is 0 Å². The minimum Gasteiger partial charge on any atom is -0.469 e. The van der Waals surface area contributed by atoms with Gasteiger partial charge in [0.2, 0.25) is 0 Å². The zero-order chi connectivity index (χ0) is 18.2. The smallest absolute Gasteiger partial charge is 0.310 e. The lowest BCUT2D eigenvalue weighted by Gasteiger charge is -2.25. The van der Waals surface area contributed by atoms with E-state index in [1.165, 1.54) is 25.3 Å². The van der Waals surface area contributed by atoms with Crippen LogP contribution in [0.1, 0.15) is 22.8 Å². The summed E-state index contributed by atoms with van der Waals surface area (Å²) in [6.07, 6.45) is 0.649. The second kappa shape index (κ2) is 8.97. The molecule has 0 saturated heterocycles. The Kier molecular flexibility index (Phi) is 6.69. The summed E-state index contributed by atoms with van der Waals surface area (Å²) in [5, 5.41) is 0. The maximum absolute atomic E-state index is 13.4. The molecule has 0 aliphatic heterocycles. The minimum atomic E-state index is -0.463. The van der Waals surface area contributed by atoms with E-state index in [2.05, 4.69) is 0 Å². The lowest BCUT2D eigenvalue weighted by molar-refractivity contribution is -0.145. The molecule has 0 spiro atoms. The van der Waals surface area contributed by atoms with Crippen molar-refractivity contribution in [2.24, 2.45) is 5.92 Å². The monoisotopic (exact) mass is 343 g/mol. The Morgan fingerprint density at radius 1 is 1.12 bits per heavy atom. The molecule has 4 nitrogen and oxygen atoms in total. The van der Waals surface area contributed by atoms with Gasteiger partial charge in [0, 0.05) is 18.7 Å². The second-order valence-corrected chi connectivity index (χ2v) is 5.92. The highest BCUT2D eigenvalue weighted by Crippen LogP contribution is 2.12. The van der Waals surface area contributed by atoms with E-state index in [-0.39, 0.29) is 24.0 Å². The van der Waals surface area contributed by atoms with Crippen LogP contribution in [0.3, 0.4) is 0 Å². The predicted molar refractivity (Wildman–Crippen MR) is 93.6 cm³/mol. The van der Waals surface area contributed by atoms with Gasteiger partial charge in [-0.2, -0.15) is 0 Å². The average Bonchev–Trinajstić information content (AvgIpc) is 2.64. The number of amides is 1. The van der Waals surface area contributed by atoms with Crippen LogP contribution in [0, 0.1) is 11.7 Å². The number of carbonyl (C=O) groups is 2. The van der Waals surface area contributed by atoms with Crippen molar-refractivity contribution in [3.8, 4) is 0 Å². The summed E-state index contributed by atoms with van der Waals surface area (Å²) >= 11 is 0. The summed E-state index contributed by atoms with van der Waals surface area (Å²) in [5.74, 6) is -1.60. The number of esters is 1. The number of nitrogens with zero attached hydrogens (tertiary/aromatic N) is 1. The summed E-state index contributed by atoms with van der Waals surface area (Å²) in [6, 6.07) is 15.3. The second-order valence-electron chi connectivity index (χ2n) is 5.92. The van der Waals surface area contributed by atoms with Crippen molar-refractivity contribution < 1.29 is 18.7 Å². The fraction of sp³-hybridized carbons (Fsp3) is 0.300. The van der Waals surface area contributed by atoms with Gasteiger partial charge in [0.15, 0.2) is 0 Å². The van der Waals surface area contributed by atoms with Crippen molar-refractivity contribution in [3.63, 3.8) is 0 Å². The van der Waals surface area contributed by atoms with Crippen LogP contribution in [0.5, 0.6) is 0 Å². The summed E-state index contributed by atoms with van der Waals surface area (Å²) in [7, 11) is 1.32. The standard InChI is InChI=1S/C20H22FNO3/c1-15(20(24)25-2)14-22(12-11-16-7-4-3-5-8-16)19(23)17-9-6-10-18(21)13-17/h3-10,13,15H,11-12,14H2,1-2H3. The van der Waals surface area contributed by atoms with Crippen LogP contribution in [0.25, 0.3) is 0 Å². The third-order valence-corrected chi connectivity index (χ3v) is 3.97. The first-order valence-electron chi connectivity index (χ1n) is 8.18. The van der Waals surface area contributed by atoms with Gasteiger partial charge in [-0.05, 0) is 30.2 Å². The SMILES string of the molecule is COC(=O)C(C)CN(CCc1ccccc1)C(=O)c1cccc(F)c1. The van der Waals surface area contributed by atoms with Crippen molar-refractivity contribution in [1.29, 1.82) is 0 Å². The summed E-state index contributed by atoms with van der Waals surface area (Å²) in [4.78, 5) is 26.1. The molecule has 1 unspecified atom stereocenters. The Morgan fingerprint density at radius 3 is 2.48 bits per heavy atom. The molecule has 0 aliphatic carbocycles. The quantitative estimate of drug-likeness (QED) is 0.725. The number of halogens is 1. The van der Waals surface area contributed by atoms with Crippen molar-refractivity contribution in [2.45, 2.75) is 13.3 Å². The van der Waals surface area contributed by atoms with Gasteiger partial charge in [0.05, 0.1) is 13.0 Å². The van der Waals surface area contributed by atoms with E-state index < -0.39 is 11.7 Å². The summed E-state index contributed by atoms with van der Waals surface area (Å²) in [5.41, 5.74) is 1.36. The molecule has 0 aromatic heterocycles. The highest BCUT2D eigenvalue weighted by Gasteiger charge is 2.22. The molecule has 0 aliphatic rings. The highest BCUT2D eigenvalue weighted by molar-refractivity contribution is 5.94. The van der Waals surface area contributed by atoms with Gasteiger partial charge in [0.1, 0.15) is 5.82 Å². The van der Waals surface area contributed by atoms with Crippen LogP contribution in [0.15, 0.2) is 54.6 Å². The van der Waals surface area contributed by atoms with Gasteiger partial charge in [-0.25, -0.2) is 4.39 Å². The Morgan fingerprint density at radius 2 is 1.84 bits per heavy atom. The third kappa shape index (κ3) is 5.41. The third-order valence-electron chi connectivity index (χ3n) is 3.97. The maximum atomic E-state index is 13.4. The first kappa shape index (κ1) is 18.6. The predicted octanol–water partition coefficient (Wildman–Crippen LogP) is 3.32. The van der Waals surface area contributed by atoms with Crippen LogP contribution < -0.4 is 0 Å². The van der Waals surface area contributed by atoms with Crippen LogP contribution in [-0.4, -0.2) is 37.0 Å². The molecule has 0 bridgehead atoms. The molecular formula is C20H22FNO3. The van der Waals surface area contributed by atoms with Crippen LogP contribution in [0.2, 0.25) is 0 Å². The zero-order valence-electron chi connectivity index (χ0n) is 14.4. The fourth-order valence-electron chi connectivity index (χ4n) is 2.59. The number of hydrogen-bond acceptors (Lipinski definition) is 3. The molecule has 1 amide bonds. The van der Waals surface area contributed by atoms with E-state index in [0.717, 1.165) is 5.56 Å². The first-order valence-corrected chi connectivity index (χ1v) is 8.18. The zero-order valence-corrected chi connectivity index (χ0v) is 14.4. The number of methoxy groups -OCH3 is 1. The van der Waals surface area contributed by atoms with Crippen LogP contribution in [-0.2, 0) is 16.0 Å². The average molecular weight is 343 g/mol. The molecule has 0 saturated carbocycles. The van der Waals surface area contributed by atoms with Gasteiger partial charge in [-0.15, -0.1) is 0 Å². The number of carbonyl (C=O) groups excluding carboxylic acids is 2. The van der Waals surface area contributed by atoms with E-state index >= 15 is 0 Å². The van der Waals surface area contributed by atoms with Gasteiger partial charge < -0.3 is 9.64 Å². The lowest BCUT2D eigenvalue weighted by atomic mass is 10.1. The molecule has 25 heavy (non-hydrogen) atoms. The van der Waals surface area contributed by atoms with Crippen molar-refractivity contribution >= 4 is 11.9 Å². The molecule has 0 radical (unpaired) electrons. The first-order chi connectivity index (χ1) is 12.0. The number of hydrogen-bond donors (Lipinski definition) is 0. The Labute approximate surface area is 147 Å². The minimum absolute atomic E-state index is 0.217. The van der Waals surface area contributed by atoms with E-state index in [0.29, 0.717) is 13.0 Å². The van der Waals surface area contributed by atoms with Crippen LogP contribution in [0.4, 0.5) is 4.39 Å². The van der Waals surface area contributed by atoms with Gasteiger partial charge >= 0.3 is 5.97 Å². The number of ether oxygens (including phenoxy) is 1. The summed E-state index contributed by atoms with van der Waals surface area (Å²) < 4.78 is 18.2. The molecular weight excluding hydrogens is 321 g/mol. The molecule has 2 aromatic rings.